The number of sulfonamides is 3. The highest BCUT2D eigenvalue weighted by molar-refractivity contribution is 7.96. The fourth-order valence-corrected chi connectivity index (χ4v) is 23.0. The predicted octanol–water partition coefficient (Wildman–Crippen LogP) is 9.09. The lowest BCUT2D eigenvalue weighted by molar-refractivity contribution is -0.157. The van der Waals surface area contributed by atoms with Crippen LogP contribution in [-0.2, 0) is 94.5 Å². The average Bonchev–Trinajstić information content (AvgIpc) is 1.64. The van der Waals surface area contributed by atoms with Gasteiger partial charge in [0.2, 0.25) is 40.1 Å². The molecule has 562 valence electrons. The van der Waals surface area contributed by atoms with Gasteiger partial charge in [-0.1, -0.05) is 27.7 Å². The average molecular weight is 1530 g/mol. The van der Waals surface area contributed by atoms with Crippen LogP contribution < -0.4 is 30.1 Å². The summed E-state index contributed by atoms with van der Waals surface area (Å²) in [7, 11) is -23.6. The van der Waals surface area contributed by atoms with Gasteiger partial charge in [-0.25, -0.2) is 64.7 Å². The van der Waals surface area contributed by atoms with Crippen LogP contribution in [0.1, 0.15) is 212 Å². The Labute approximate surface area is 589 Å². The molecular weight excluding hydrogens is 1410 g/mol. The van der Waals surface area contributed by atoms with Crippen molar-refractivity contribution in [1.29, 1.82) is 0 Å². The number of hydrogen-bond acceptors (Lipinski definition) is 24. The summed E-state index contributed by atoms with van der Waals surface area (Å²) in [5.74, 6) is -0.323. The first kappa shape index (κ1) is 85.5. The van der Waals surface area contributed by atoms with E-state index in [1.54, 1.807) is 27.7 Å². The normalized spacial score (nSPS) is 20.0. The second kappa shape index (κ2) is 34.2. The van der Waals surface area contributed by atoms with Crippen LogP contribution in [0, 0.1) is 5.92 Å². The Balaban J connectivity index is 1.20. The van der Waals surface area contributed by atoms with Gasteiger partial charge in [-0.2, -0.15) is 0 Å². The molecule has 3 aromatic heterocycles. The number of hydrogen-bond donors (Lipinski definition) is 6. The van der Waals surface area contributed by atoms with E-state index in [4.69, 9.17) is 32.8 Å². The topological polar surface area (TPSA) is 346 Å². The minimum absolute atomic E-state index is 0.0325. The van der Waals surface area contributed by atoms with E-state index in [2.05, 4.69) is 30.1 Å². The predicted molar refractivity (Wildman–Crippen MR) is 379 cm³/mol. The monoisotopic (exact) mass is 1530 g/mol. The van der Waals surface area contributed by atoms with Crippen molar-refractivity contribution in [2.75, 3.05) is 78.9 Å². The van der Waals surface area contributed by atoms with Crippen LogP contribution >= 0.6 is 22.7 Å². The lowest BCUT2D eigenvalue weighted by Crippen LogP contribution is -2.42. The van der Waals surface area contributed by atoms with Crippen molar-refractivity contribution in [3.8, 4) is 0 Å². The molecule has 0 spiro atoms. The third-order valence-corrected chi connectivity index (χ3v) is 32.9. The number of sulfone groups is 3. The van der Waals surface area contributed by atoms with Gasteiger partial charge < -0.3 is 48.8 Å². The van der Waals surface area contributed by atoms with E-state index in [9.17, 15) is 50.5 Å². The molecule has 0 radical (unpaired) electrons. The Bertz CT molecular complexity index is 3770. The maximum Gasteiger partial charge on any atom is 0.274 e. The summed E-state index contributed by atoms with van der Waals surface area (Å²) in [6, 6.07) is 3.53. The van der Waals surface area contributed by atoms with Gasteiger partial charge in [0.1, 0.15) is 16.8 Å². The summed E-state index contributed by atoms with van der Waals surface area (Å²) in [4.78, 5) is 0. The third-order valence-electron chi connectivity index (χ3n) is 17.8. The fourth-order valence-electron chi connectivity index (χ4n) is 10.6. The van der Waals surface area contributed by atoms with Crippen LogP contribution in [0.4, 0.5) is 0 Å². The van der Waals surface area contributed by atoms with E-state index < -0.39 is 114 Å². The van der Waals surface area contributed by atoms with E-state index >= 15 is 0 Å². The molecule has 5 rings (SSSR count). The molecule has 2 aliphatic rings. The number of nitrogens with one attached hydrogen (secondary N) is 6. The summed E-state index contributed by atoms with van der Waals surface area (Å²) in [5.41, 5.74) is -3.47. The maximum atomic E-state index is 13.6. The first-order valence-corrected chi connectivity index (χ1v) is 44.4. The van der Waals surface area contributed by atoms with E-state index in [1.807, 2.05) is 104 Å². The van der Waals surface area contributed by atoms with E-state index in [0.29, 0.717) is 74.8 Å². The molecule has 2 unspecified atom stereocenters. The number of fused-ring (bicyclic) bond motifs is 2. The van der Waals surface area contributed by atoms with Crippen LogP contribution in [-0.4, -0.2) is 179 Å². The third kappa shape index (κ3) is 24.0. The molecule has 25 nitrogen and oxygen atoms in total. The van der Waals surface area contributed by atoms with Gasteiger partial charge in [-0.05, 0) is 193 Å². The van der Waals surface area contributed by atoms with Crippen LogP contribution in [0.15, 0.2) is 49.6 Å². The summed E-state index contributed by atoms with van der Waals surface area (Å²) in [5, 5.41) is 6.68. The van der Waals surface area contributed by atoms with Crippen molar-refractivity contribution < 1.29 is 83.3 Å². The molecule has 0 aromatic carbocycles. The molecule has 2 aliphatic heterocycles. The van der Waals surface area contributed by atoms with Crippen LogP contribution in [0.2, 0.25) is 0 Å². The van der Waals surface area contributed by atoms with Crippen molar-refractivity contribution in [2.24, 2.45) is 5.92 Å². The molecule has 6 N–H and O–H groups in total. The molecule has 33 heteroatoms. The van der Waals surface area contributed by atoms with Crippen molar-refractivity contribution >= 4 is 82.3 Å². The van der Waals surface area contributed by atoms with Crippen LogP contribution in [0.3, 0.4) is 0 Å². The first-order valence-electron chi connectivity index (χ1n) is 33.7. The number of furan rings is 1. The Morgan fingerprint density at radius 3 is 1.46 bits per heavy atom. The summed E-state index contributed by atoms with van der Waals surface area (Å²) >= 11 is 1.53. The van der Waals surface area contributed by atoms with Crippen molar-refractivity contribution in [3.05, 3.63) is 34.9 Å². The summed E-state index contributed by atoms with van der Waals surface area (Å²) in [6.45, 7) is 38.1. The lowest BCUT2D eigenvalue weighted by atomic mass is 10.0. The highest BCUT2D eigenvalue weighted by Crippen LogP contribution is 2.44. The fraction of sp³-hybridized carbons (Fsp3) is 0.812. The van der Waals surface area contributed by atoms with Gasteiger partial charge in [-0.15, -0.1) is 22.7 Å². The largest absolute Gasteiger partial charge is 0.431 e. The van der Waals surface area contributed by atoms with Crippen LogP contribution in [0.25, 0.3) is 0 Å². The highest BCUT2D eigenvalue weighted by atomic mass is 32.3. The quantitative estimate of drug-likeness (QED) is 0.0307. The van der Waals surface area contributed by atoms with Gasteiger partial charge in [-0.3, -0.25) is 0 Å². The van der Waals surface area contributed by atoms with Crippen molar-refractivity contribution in [2.45, 2.75) is 278 Å². The van der Waals surface area contributed by atoms with Crippen molar-refractivity contribution in [3.63, 3.8) is 0 Å². The lowest BCUT2D eigenvalue weighted by Gasteiger charge is -2.36. The molecule has 6 atom stereocenters. The molecular formula is C64H114N6O19S8. The zero-order valence-corrected chi connectivity index (χ0v) is 67.1. The molecule has 0 amide bonds. The SMILES string of the molecule is CCNCc1cc(S(=O)(=O)NCCC(C)(C)OCCC(C)(C)OCC(COC(C)(C)CCOC(C)(C)CCNS(=O)(=O)c2cc3c(s2)S(=O)(=O)[C@@H](C)C[C@@H]3NCC)COC(C)(CC)COC(C)(C)CCNS(=O)(=O)c2cc3c(o2)S(=O)(=O)[C@@H](C)C[C@@H]3NCC)sc1S(=O)(=O)C(C)C. The highest BCUT2D eigenvalue weighted by Gasteiger charge is 2.43. The smallest absolute Gasteiger partial charge is 0.274 e. The Morgan fingerprint density at radius 2 is 0.990 bits per heavy atom. The standard InChI is InChI=1S/C64H114N6O19S8/c1-20-64(19,43-88-61(13,14)26-29-68-95(77,78)53-37-49-51(66-22-3)34-45(7)93(73,74)56(49)89-53)87-42-47(40-85-62(15,16)27-32-83-59(9,10)24-30-69-96(79,80)54-36-48(39-65-21-2)57(90-54)92(71,72)44(5)6)41-86-63(17,18)28-33-84-60(11,12)25-31-70-97(81,82)55-38-50-52(67-23-4)35-46(8)94(75,76)58(50)91-55/h36-38,44-47,51-52,65-70H,20-35,39-43H2,1-19H3/t45-,46-,47?,51-,52-,64?/m0/s1. The van der Waals surface area contributed by atoms with E-state index in [-0.39, 0.29) is 119 Å². The van der Waals surface area contributed by atoms with Gasteiger partial charge >= 0.3 is 0 Å². The van der Waals surface area contributed by atoms with Gasteiger partial charge in [0, 0.05) is 61.4 Å². The minimum Gasteiger partial charge on any atom is -0.431 e. The molecule has 0 saturated carbocycles. The zero-order valence-electron chi connectivity index (χ0n) is 60.6. The van der Waals surface area contributed by atoms with Gasteiger partial charge in [0.05, 0.1) is 89.0 Å². The van der Waals surface area contributed by atoms with Crippen LogP contribution in [0.5, 0.6) is 0 Å². The Kier molecular flexibility index (Phi) is 30.2. The molecule has 0 bridgehead atoms. The molecule has 0 fully saturated rings. The van der Waals surface area contributed by atoms with Gasteiger partial charge in [0.15, 0.2) is 19.7 Å². The molecule has 0 saturated heterocycles. The Hall–Kier alpha value is -2.10. The second-order valence-electron chi connectivity index (χ2n) is 29.1. The minimum atomic E-state index is -4.25. The van der Waals surface area contributed by atoms with E-state index in [0.717, 1.165) is 22.7 Å². The summed E-state index contributed by atoms with van der Waals surface area (Å²) < 4.78 is 213. The Morgan fingerprint density at radius 1 is 0.546 bits per heavy atom. The number of ether oxygens (including phenoxy) is 6. The second-order valence-corrected chi connectivity index (χ2v) is 44.4. The first-order chi connectivity index (χ1) is 44.5. The van der Waals surface area contributed by atoms with Crippen molar-refractivity contribution in [1.82, 2.24) is 30.1 Å². The number of thiophene rings is 2. The zero-order chi connectivity index (χ0) is 73.2. The molecule has 5 heterocycles. The van der Waals surface area contributed by atoms with Gasteiger partial charge in [0.25, 0.3) is 10.0 Å². The maximum absolute atomic E-state index is 13.6. The molecule has 0 aliphatic carbocycles. The summed E-state index contributed by atoms with van der Waals surface area (Å²) in [6.07, 6.45) is 2.94. The molecule has 3 aromatic rings. The number of rotatable bonds is 45. The van der Waals surface area contributed by atoms with E-state index in [1.165, 1.54) is 18.2 Å². The molecule has 97 heavy (non-hydrogen) atoms.